The third-order valence-electron chi connectivity index (χ3n) is 3.32. The second kappa shape index (κ2) is 7.27. The van der Waals surface area contributed by atoms with Crippen LogP contribution in [0.1, 0.15) is 18.1 Å². The Bertz CT molecular complexity index is 578. The van der Waals surface area contributed by atoms with Crippen LogP contribution in [0.5, 0.6) is 0 Å². The first-order valence-corrected chi connectivity index (χ1v) is 7.00. The Hall–Kier alpha value is -1.81. The van der Waals surface area contributed by atoms with E-state index in [-0.39, 0.29) is 11.9 Å². The van der Waals surface area contributed by atoms with Crippen molar-refractivity contribution in [1.29, 1.82) is 0 Å². The second-order valence-electron chi connectivity index (χ2n) is 5.03. The molecule has 0 aliphatic heterocycles. The molecule has 2 rings (SSSR count). The molecular formula is C17H18F3N. The van der Waals surface area contributed by atoms with Gasteiger partial charge in [-0.1, -0.05) is 25.1 Å². The van der Waals surface area contributed by atoms with Crippen LogP contribution in [-0.4, -0.2) is 12.6 Å². The number of nitrogens with one attached hydrogen (secondary N) is 1. The number of benzene rings is 2. The van der Waals surface area contributed by atoms with Gasteiger partial charge in [0.1, 0.15) is 17.5 Å². The highest BCUT2D eigenvalue weighted by atomic mass is 19.1. The molecule has 0 aliphatic carbocycles. The van der Waals surface area contributed by atoms with Gasteiger partial charge in [-0.15, -0.1) is 0 Å². The lowest BCUT2D eigenvalue weighted by Gasteiger charge is -2.18. The van der Waals surface area contributed by atoms with E-state index in [1.807, 2.05) is 6.92 Å². The van der Waals surface area contributed by atoms with Crippen LogP contribution in [0.25, 0.3) is 0 Å². The molecule has 1 atom stereocenters. The summed E-state index contributed by atoms with van der Waals surface area (Å²) in [5.74, 6) is -1.44. The van der Waals surface area contributed by atoms with Crippen molar-refractivity contribution in [3.8, 4) is 0 Å². The van der Waals surface area contributed by atoms with E-state index in [1.165, 1.54) is 18.2 Å². The van der Waals surface area contributed by atoms with E-state index >= 15 is 0 Å². The Kier molecular flexibility index (Phi) is 5.39. The standard InChI is InChI=1S/C17H18F3N/c1-2-21-16(10-13-5-3-4-6-17(13)20)9-12-7-14(18)11-15(19)8-12/h3-8,11,16,21H,2,9-10H2,1H3. The van der Waals surface area contributed by atoms with Crippen molar-refractivity contribution in [2.45, 2.75) is 25.8 Å². The molecule has 1 unspecified atom stereocenters. The highest BCUT2D eigenvalue weighted by Crippen LogP contribution is 2.14. The van der Waals surface area contributed by atoms with E-state index in [1.54, 1.807) is 18.2 Å². The van der Waals surface area contributed by atoms with Gasteiger partial charge in [0.2, 0.25) is 0 Å². The third-order valence-corrected chi connectivity index (χ3v) is 3.32. The quantitative estimate of drug-likeness (QED) is 0.852. The zero-order valence-corrected chi connectivity index (χ0v) is 11.9. The number of hydrogen-bond donors (Lipinski definition) is 1. The Labute approximate surface area is 122 Å². The van der Waals surface area contributed by atoms with Crippen molar-refractivity contribution in [3.63, 3.8) is 0 Å². The Morgan fingerprint density at radius 1 is 0.952 bits per heavy atom. The largest absolute Gasteiger partial charge is 0.314 e. The lowest BCUT2D eigenvalue weighted by Crippen LogP contribution is -2.33. The fourth-order valence-electron chi connectivity index (χ4n) is 2.45. The molecule has 0 bridgehead atoms. The first-order valence-electron chi connectivity index (χ1n) is 7.00. The van der Waals surface area contributed by atoms with Gasteiger partial charge in [0, 0.05) is 12.1 Å². The van der Waals surface area contributed by atoms with Crippen molar-refractivity contribution in [2.75, 3.05) is 6.54 Å². The third kappa shape index (κ3) is 4.60. The molecule has 0 amide bonds. The molecule has 0 spiro atoms. The predicted octanol–water partition coefficient (Wildman–Crippen LogP) is 3.87. The normalized spacial score (nSPS) is 12.4. The van der Waals surface area contributed by atoms with Crippen LogP contribution < -0.4 is 5.32 Å². The molecule has 2 aromatic carbocycles. The van der Waals surface area contributed by atoms with Crippen molar-refractivity contribution in [1.82, 2.24) is 5.32 Å². The van der Waals surface area contributed by atoms with E-state index < -0.39 is 11.6 Å². The van der Waals surface area contributed by atoms with Crippen LogP contribution in [0.2, 0.25) is 0 Å². The minimum absolute atomic E-state index is 0.0758. The minimum Gasteiger partial charge on any atom is -0.314 e. The molecule has 112 valence electrons. The fraction of sp³-hybridized carbons (Fsp3) is 0.294. The zero-order valence-electron chi connectivity index (χ0n) is 11.9. The predicted molar refractivity (Wildman–Crippen MR) is 77.6 cm³/mol. The summed E-state index contributed by atoms with van der Waals surface area (Å²) in [4.78, 5) is 0. The molecule has 2 aromatic rings. The molecule has 0 aliphatic rings. The van der Waals surface area contributed by atoms with Crippen LogP contribution in [-0.2, 0) is 12.8 Å². The first-order chi connectivity index (χ1) is 10.1. The summed E-state index contributed by atoms with van der Waals surface area (Å²) in [6, 6.07) is 9.97. The number of halogens is 3. The van der Waals surface area contributed by atoms with Crippen LogP contribution in [0, 0.1) is 17.5 Å². The number of hydrogen-bond acceptors (Lipinski definition) is 1. The molecule has 1 nitrogen and oxygen atoms in total. The van der Waals surface area contributed by atoms with Crippen LogP contribution in [0.3, 0.4) is 0 Å². The van der Waals surface area contributed by atoms with Crippen molar-refractivity contribution < 1.29 is 13.2 Å². The highest BCUT2D eigenvalue weighted by molar-refractivity contribution is 5.22. The lowest BCUT2D eigenvalue weighted by atomic mass is 9.98. The Morgan fingerprint density at radius 2 is 1.62 bits per heavy atom. The molecule has 0 heterocycles. The zero-order chi connectivity index (χ0) is 15.2. The lowest BCUT2D eigenvalue weighted by molar-refractivity contribution is 0.501. The van der Waals surface area contributed by atoms with Gasteiger partial charge < -0.3 is 5.32 Å². The van der Waals surface area contributed by atoms with E-state index in [9.17, 15) is 13.2 Å². The molecular weight excluding hydrogens is 275 g/mol. The summed E-state index contributed by atoms with van der Waals surface area (Å²) in [5.41, 5.74) is 1.16. The van der Waals surface area contributed by atoms with E-state index in [0.29, 0.717) is 30.5 Å². The summed E-state index contributed by atoms with van der Waals surface area (Å²) in [6.07, 6.45) is 0.912. The topological polar surface area (TPSA) is 12.0 Å². The maximum Gasteiger partial charge on any atom is 0.126 e. The van der Waals surface area contributed by atoms with Gasteiger partial charge in [0.25, 0.3) is 0 Å². The van der Waals surface area contributed by atoms with Gasteiger partial charge in [-0.25, -0.2) is 13.2 Å². The van der Waals surface area contributed by atoms with Crippen molar-refractivity contribution >= 4 is 0 Å². The fourth-order valence-corrected chi connectivity index (χ4v) is 2.45. The number of rotatable bonds is 6. The van der Waals surface area contributed by atoms with Crippen LogP contribution in [0.15, 0.2) is 42.5 Å². The van der Waals surface area contributed by atoms with Gasteiger partial charge in [-0.3, -0.25) is 0 Å². The van der Waals surface area contributed by atoms with E-state index in [0.717, 1.165) is 6.07 Å². The summed E-state index contributed by atoms with van der Waals surface area (Å²) >= 11 is 0. The van der Waals surface area contributed by atoms with Gasteiger partial charge in [0.05, 0.1) is 0 Å². The maximum absolute atomic E-state index is 13.7. The maximum atomic E-state index is 13.7. The number of likely N-dealkylation sites (N-methyl/N-ethyl adjacent to an activating group) is 1. The van der Waals surface area contributed by atoms with Crippen LogP contribution >= 0.6 is 0 Å². The van der Waals surface area contributed by atoms with Crippen molar-refractivity contribution in [2.24, 2.45) is 0 Å². The molecule has 0 radical (unpaired) electrons. The average molecular weight is 293 g/mol. The molecule has 0 saturated heterocycles. The summed E-state index contributed by atoms with van der Waals surface area (Å²) in [5, 5.41) is 3.23. The Balaban J connectivity index is 2.13. The smallest absolute Gasteiger partial charge is 0.126 e. The molecule has 0 saturated carbocycles. The van der Waals surface area contributed by atoms with E-state index in [4.69, 9.17) is 0 Å². The Morgan fingerprint density at radius 3 is 2.24 bits per heavy atom. The molecule has 21 heavy (non-hydrogen) atoms. The SMILES string of the molecule is CCNC(Cc1cc(F)cc(F)c1)Cc1ccccc1F. The summed E-state index contributed by atoms with van der Waals surface area (Å²) < 4.78 is 40.2. The highest BCUT2D eigenvalue weighted by Gasteiger charge is 2.13. The summed E-state index contributed by atoms with van der Waals surface area (Å²) in [6.45, 7) is 2.65. The van der Waals surface area contributed by atoms with Crippen LogP contribution in [0.4, 0.5) is 13.2 Å². The van der Waals surface area contributed by atoms with Gasteiger partial charge in [-0.2, -0.15) is 0 Å². The molecule has 0 fully saturated rings. The van der Waals surface area contributed by atoms with Gasteiger partial charge in [0.15, 0.2) is 0 Å². The first kappa shape index (κ1) is 15.6. The minimum atomic E-state index is -0.592. The molecule has 0 aromatic heterocycles. The van der Waals surface area contributed by atoms with Gasteiger partial charge in [-0.05, 0) is 48.7 Å². The second-order valence-corrected chi connectivity index (χ2v) is 5.03. The molecule has 1 N–H and O–H groups in total. The summed E-state index contributed by atoms with van der Waals surface area (Å²) in [7, 11) is 0. The average Bonchev–Trinajstić information content (AvgIpc) is 2.40. The van der Waals surface area contributed by atoms with Gasteiger partial charge >= 0.3 is 0 Å². The monoisotopic (exact) mass is 293 g/mol. The van der Waals surface area contributed by atoms with E-state index in [2.05, 4.69) is 5.32 Å². The van der Waals surface area contributed by atoms with Crippen molar-refractivity contribution in [3.05, 3.63) is 71.0 Å². The molecule has 4 heteroatoms.